The lowest BCUT2D eigenvalue weighted by atomic mass is 10.0. The van der Waals surface area contributed by atoms with Crippen molar-refractivity contribution in [2.24, 2.45) is 0 Å². The smallest absolute Gasteiger partial charge is 0.416 e. The van der Waals surface area contributed by atoms with Crippen LogP contribution in [0.1, 0.15) is 22.3 Å². The van der Waals surface area contributed by atoms with Gasteiger partial charge >= 0.3 is 6.18 Å². The molecule has 0 radical (unpaired) electrons. The molecule has 1 fully saturated rings. The summed E-state index contributed by atoms with van der Waals surface area (Å²) in [5.41, 5.74) is 0.851. The molecule has 1 aliphatic rings. The van der Waals surface area contributed by atoms with Crippen LogP contribution in [0.25, 0.3) is 21.8 Å². The number of anilines is 2. The summed E-state index contributed by atoms with van der Waals surface area (Å²) in [6, 6.07) is 16.1. The number of hydrogen-bond donors (Lipinski definition) is 2. The molecule has 0 saturated carbocycles. The Labute approximate surface area is 233 Å². The van der Waals surface area contributed by atoms with Gasteiger partial charge in [0.25, 0.3) is 5.91 Å². The number of nitrogens with one attached hydrogen (secondary N) is 2. The van der Waals surface area contributed by atoms with E-state index in [9.17, 15) is 18.0 Å². The van der Waals surface area contributed by atoms with E-state index in [-0.39, 0.29) is 11.7 Å². The van der Waals surface area contributed by atoms with Crippen molar-refractivity contribution in [3.8, 4) is 11.6 Å². The minimum atomic E-state index is -4.54. The highest BCUT2D eigenvalue weighted by atomic mass is 19.4. The molecule has 2 aromatic heterocycles. The zero-order valence-electron chi connectivity index (χ0n) is 22.4. The molecule has 0 bridgehead atoms. The Morgan fingerprint density at radius 2 is 1.93 bits per heavy atom. The summed E-state index contributed by atoms with van der Waals surface area (Å²) in [7, 11) is 3.96. The Balaban J connectivity index is 1.30. The molecule has 210 valence electrons. The molecule has 11 heteroatoms. The highest BCUT2D eigenvalue weighted by molar-refractivity contribution is 6.14. The fourth-order valence-corrected chi connectivity index (χ4v) is 5.22. The molecule has 5 aromatic rings. The SMILES string of the molecule is CN(C)C1CCN(c2ccc(C(F)(F)F)cc2NC(=O)c2cccc3cc(Oc4ncnc5[nH]ccc45)ccc23)C1. The van der Waals surface area contributed by atoms with Crippen molar-refractivity contribution in [3.63, 3.8) is 0 Å². The lowest BCUT2D eigenvalue weighted by Gasteiger charge is -2.25. The monoisotopic (exact) mass is 560 g/mol. The Kier molecular flexibility index (Phi) is 6.74. The van der Waals surface area contributed by atoms with Gasteiger partial charge in [0.15, 0.2) is 0 Å². The number of ether oxygens (including phenoxy) is 1. The first-order valence-electron chi connectivity index (χ1n) is 13.1. The molecule has 0 spiro atoms. The van der Waals surface area contributed by atoms with Crippen molar-refractivity contribution in [2.45, 2.75) is 18.6 Å². The van der Waals surface area contributed by atoms with Crippen LogP contribution in [0, 0.1) is 0 Å². The third-order valence-electron chi connectivity index (χ3n) is 7.43. The van der Waals surface area contributed by atoms with Crippen molar-refractivity contribution in [3.05, 3.63) is 84.3 Å². The number of aromatic nitrogens is 3. The van der Waals surface area contributed by atoms with Gasteiger partial charge in [-0.15, -0.1) is 0 Å². The van der Waals surface area contributed by atoms with E-state index in [4.69, 9.17) is 4.74 Å². The number of H-pyrrole nitrogens is 1. The van der Waals surface area contributed by atoms with Gasteiger partial charge in [-0.2, -0.15) is 13.2 Å². The number of likely N-dealkylation sites (N-methyl/N-ethyl adjacent to an activating group) is 1. The maximum absolute atomic E-state index is 13.6. The number of alkyl halides is 3. The Hall–Kier alpha value is -4.64. The molecule has 3 aromatic carbocycles. The standard InChI is InChI=1S/C30H27F3N6O2/c1-38(2)20-11-13-39(16-20)26-9-6-19(30(31,32)33)15-25(26)37-28(40)23-5-3-4-18-14-21(7-8-22(18)23)41-29-24-10-12-34-27(24)35-17-36-29/h3-10,12,14-15,17,20H,11,13,16H2,1-2H3,(H,37,40)(H,34,35,36). The largest absolute Gasteiger partial charge is 0.438 e. The molecule has 3 heterocycles. The van der Waals surface area contributed by atoms with Gasteiger partial charge in [-0.05, 0) is 79.8 Å². The zero-order chi connectivity index (χ0) is 28.7. The van der Waals surface area contributed by atoms with Crippen LogP contribution in [-0.2, 0) is 6.18 Å². The summed E-state index contributed by atoms with van der Waals surface area (Å²) < 4.78 is 46.9. The number of carbonyl (C=O) groups excluding carboxylic acids is 1. The van der Waals surface area contributed by atoms with Gasteiger partial charge in [-0.25, -0.2) is 9.97 Å². The van der Waals surface area contributed by atoms with Gasteiger partial charge in [-0.3, -0.25) is 4.79 Å². The summed E-state index contributed by atoms with van der Waals surface area (Å²) in [6.07, 6.45) is -0.513. The molecular formula is C30H27F3N6O2. The second kappa shape index (κ2) is 10.4. The molecule has 1 saturated heterocycles. The first-order valence-corrected chi connectivity index (χ1v) is 13.1. The Morgan fingerprint density at radius 1 is 1.07 bits per heavy atom. The molecule has 0 aliphatic carbocycles. The van der Waals surface area contributed by atoms with Crippen LogP contribution in [0.2, 0.25) is 0 Å². The normalized spacial score (nSPS) is 15.7. The first-order chi connectivity index (χ1) is 19.7. The van der Waals surface area contributed by atoms with Crippen LogP contribution in [0.4, 0.5) is 24.5 Å². The lowest BCUT2D eigenvalue weighted by molar-refractivity contribution is -0.137. The fourth-order valence-electron chi connectivity index (χ4n) is 5.22. The average Bonchev–Trinajstić information content (AvgIpc) is 3.63. The summed E-state index contributed by atoms with van der Waals surface area (Å²) in [6.45, 7) is 1.33. The van der Waals surface area contributed by atoms with E-state index in [2.05, 4.69) is 25.2 Å². The molecule has 8 nitrogen and oxygen atoms in total. The third kappa shape index (κ3) is 5.28. The van der Waals surface area contributed by atoms with Gasteiger partial charge in [-0.1, -0.05) is 12.1 Å². The van der Waals surface area contributed by atoms with Crippen molar-refractivity contribution < 1.29 is 22.7 Å². The van der Waals surface area contributed by atoms with Crippen LogP contribution < -0.4 is 15.0 Å². The molecular weight excluding hydrogens is 533 g/mol. The number of rotatable bonds is 6. The highest BCUT2D eigenvalue weighted by Gasteiger charge is 2.33. The first kappa shape index (κ1) is 26.6. The summed E-state index contributed by atoms with van der Waals surface area (Å²) in [4.78, 5) is 29.1. The van der Waals surface area contributed by atoms with Crippen LogP contribution in [0.3, 0.4) is 0 Å². The van der Waals surface area contributed by atoms with Gasteiger partial charge in [0.2, 0.25) is 5.88 Å². The maximum Gasteiger partial charge on any atom is 0.416 e. The van der Waals surface area contributed by atoms with Gasteiger partial charge in [0, 0.05) is 30.9 Å². The van der Waals surface area contributed by atoms with E-state index in [0.29, 0.717) is 47.0 Å². The van der Waals surface area contributed by atoms with E-state index in [1.807, 2.05) is 31.1 Å². The van der Waals surface area contributed by atoms with Gasteiger partial charge < -0.3 is 24.8 Å². The predicted molar refractivity (Wildman–Crippen MR) is 152 cm³/mol. The predicted octanol–water partition coefficient (Wildman–Crippen LogP) is 6.31. The number of nitrogens with zero attached hydrogens (tertiary/aromatic N) is 4. The Morgan fingerprint density at radius 3 is 2.71 bits per heavy atom. The third-order valence-corrected chi connectivity index (χ3v) is 7.43. The average molecular weight is 561 g/mol. The molecule has 1 amide bonds. The fraction of sp³-hybridized carbons (Fsp3) is 0.233. The van der Waals surface area contributed by atoms with E-state index in [0.717, 1.165) is 29.3 Å². The molecule has 1 aliphatic heterocycles. The number of hydrogen-bond acceptors (Lipinski definition) is 6. The summed E-state index contributed by atoms with van der Waals surface area (Å²) in [5.74, 6) is 0.402. The molecule has 6 rings (SSSR count). The van der Waals surface area contributed by atoms with E-state index < -0.39 is 17.6 Å². The van der Waals surface area contributed by atoms with Crippen LogP contribution in [0.5, 0.6) is 11.6 Å². The molecule has 41 heavy (non-hydrogen) atoms. The van der Waals surface area contributed by atoms with Crippen molar-refractivity contribution >= 4 is 39.1 Å². The second-order valence-corrected chi connectivity index (χ2v) is 10.2. The minimum Gasteiger partial charge on any atom is -0.438 e. The van der Waals surface area contributed by atoms with Crippen molar-refractivity contribution in [2.75, 3.05) is 37.4 Å². The Bertz CT molecular complexity index is 1750. The van der Waals surface area contributed by atoms with Crippen molar-refractivity contribution in [1.29, 1.82) is 0 Å². The number of aromatic amines is 1. The number of halogens is 3. The van der Waals surface area contributed by atoms with E-state index >= 15 is 0 Å². The topological polar surface area (TPSA) is 86.4 Å². The number of carbonyl (C=O) groups is 1. The van der Waals surface area contributed by atoms with E-state index in [1.165, 1.54) is 12.4 Å². The molecule has 1 atom stereocenters. The number of fused-ring (bicyclic) bond motifs is 2. The van der Waals surface area contributed by atoms with E-state index in [1.54, 1.807) is 36.5 Å². The van der Waals surface area contributed by atoms with Crippen LogP contribution >= 0.6 is 0 Å². The van der Waals surface area contributed by atoms with Crippen molar-refractivity contribution in [1.82, 2.24) is 19.9 Å². The van der Waals surface area contributed by atoms with Crippen LogP contribution in [0.15, 0.2) is 73.2 Å². The highest BCUT2D eigenvalue weighted by Crippen LogP contribution is 2.37. The minimum absolute atomic E-state index is 0.125. The zero-order valence-corrected chi connectivity index (χ0v) is 22.4. The summed E-state index contributed by atoms with van der Waals surface area (Å²) in [5, 5.41) is 4.87. The number of benzene rings is 3. The molecule has 2 N–H and O–H groups in total. The quantitative estimate of drug-likeness (QED) is 0.253. The number of amides is 1. The van der Waals surface area contributed by atoms with Crippen LogP contribution in [-0.4, -0.2) is 59.0 Å². The maximum atomic E-state index is 13.6. The molecule has 1 unspecified atom stereocenters. The lowest BCUT2D eigenvalue weighted by Crippen LogP contribution is -2.31. The van der Waals surface area contributed by atoms with Gasteiger partial charge in [0.1, 0.15) is 17.7 Å². The second-order valence-electron chi connectivity index (χ2n) is 10.2. The van der Waals surface area contributed by atoms with Gasteiger partial charge in [0.05, 0.1) is 22.3 Å². The summed E-state index contributed by atoms with van der Waals surface area (Å²) >= 11 is 0.